The predicted octanol–water partition coefficient (Wildman–Crippen LogP) is 6.35. The molecule has 26 heavy (non-hydrogen) atoms. The molecule has 0 atom stereocenters. The Kier molecular flexibility index (Phi) is 5.90. The molecule has 3 aromatic rings. The number of ether oxygens (including phenoxy) is 1. The number of halogens is 3. The number of nitrogens with zero attached hydrogens (tertiary/aromatic N) is 3. The first-order chi connectivity index (χ1) is 12.4. The Labute approximate surface area is 171 Å². The van der Waals surface area contributed by atoms with Crippen LogP contribution in [0.3, 0.4) is 0 Å². The Hall–Kier alpha value is -1.56. The summed E-state index contributed by atoms with van der Waals surface area (Å²) in [4.78, 5) is 0. The molecule has 0 saturated heterocycles. The van der Waals surface area contributed by atoms with E-state index in [0.717, 1.165) is 27.2 Å². The molecule has 0 saturated carbocycles. The molecule has 0 N–H and O–H groups in total. The van der Waals surface area contributed by atoms with Gasteiger partial charge in [0.05, 0.1) is 15.7 Å². The summed E-state index contributed by atoms with van der Waals surface area (Å²) in [7, 11) is 0. The minimum Gasteiger partial charge on any atom is -0.487 e. The molecule has 0 spiro atoms. The van der Waals surface area contributed by atoms with Crippen LogP contribution in [0.2, 0.25) is 10.0 Å². The average Bonchev–Trinajstić information content (AvgIpc) is 3.00. The molecule has 0 fully saturated rings. The zero-order valence-electron chi connectivity index (χ0n) is 14.6. The van der Waals surface area contributed by atoms with Crippen molar-refractivity contribution < 1.29 is 4.74 Å². The fourth-order valence-electron chi connectivity index (χ4n) is 2.63. The number of hydrogen-bond acceptors (Lipinski definition) is 3. The lowest BCUT2D eigenvalue weighted by Gasteiger charge is -2.13. The first-order valence-corrected chi connectivity index (χ1v) is 9.71. The third-order valence-corrected chi connectivity index (χ3v) is 5.49. The van der Waals surface area contributed by atoms with Gasteiger partial charge in [0.25, 0.3) is 0 Å². The summed E-state index contributed by atoms with van der Waals surface area (Å²) in [5.74, 6) is 0.966. The SMILES string of the molecule is Cc1cc(OCc2c(C(C)C)nnn2-c2c(Cl)cccc2Cl)ccc1Br. The van der Waals surface area contributed by atoms with Gasteiger partial charge in [0, 0.05) is 4.47 Å². The molecule has 3 rings (SSSR count). The van der Waals surface area contributed by atoms with Crippen LogP contribution in [0.1, 0.15) is 36.7 Å². The average molecular weight is 455 g/mol. The maximum Gasteiger partial charge on any atom is 0.132 e. The largest absolute Gasteiger partial charge is 0.487 e. The van der Waals surface area contributed by atoms with Gasteiger partial charge in [-0.3, -0.25) is 0 Å². The van der Waals surface area contributed by atoms with Crippen molar-refractivity contribution >= 4 is 39.1 Å². The Bertz CT molecular complexity index is 920. The molecular weight excluding hydrogens is 437 g/mol. The predicted molar refractivity (Wildman–Crippen MR) is 109 cm³/mol. The van der Waals surface area contributed by atoms with E-state index in [0.29, 0.717) is 22.3 Å². The van der Waals surface area contributed by atoms with Gasteiger partial charge >= 0.3 is 0 Å². The lowest BCUT2D eigenvalue weighted by molar-refractivity contribution is 0.295. The van der Waals surface area contributed by atoms with Crippen LogP contribution in [0.4, 0.5) is 0 Å². The first kappa shape index (κ1) is 19.2. The fourth-order valence-corrected chi connectivity index (χ4v) is 3.43. The second-order valence-corrected chi connectivity index (χ2v) is 7.93. The fraction of sp³-hybridized carbons (Fsp3) is 0.263. The lowest BCUT2D eigenvalue weighted by atomic mass is 10.1. The molecule has 0 amide bonds. The number of para-hydroxylation sites is 1. The van der Waals surface area contributed by atoms with Crippen LogP contribution in [-0.4, -0.2) is 15.0 Å². The Morgan fingerprint density at radius 2 is 1.85 bits per heavy atom. The van der Waals surface area contributed by atoms with E-state index in [1.54, 1.807) is 22.9 Å². The Morgan fingerprint density at radius 3 is 2.46 bits per heavy atom. The van der Waals surface area contributed by atoms with Crippen LogP contribution in [0, 0.1) is 6.92 Å². The van der Waals surface area contributed by atoms with E-state index >= 15 is 0 Å². The standard InChI is InChI=1S/C19H18BrCl2N3O/c1-11(2)18-17(10-26-13-7-8-14(20)12(3)9-13)25(24-23-18)19-15(21)5-4-6-16(19)22/h4-9,11H,10H2,1-3H3. The molecule has 0 aliphatic heterocycles. The molecule has 0 radical (unpaired) electrons. The van der Waals surface area contributed by atoms with Crippen molar-refractivity contribution in [1.29, 1.82) is 0 Å². The normalized spacial score (nSPS) is 11.2. The van der Waals surface area contributed by atoms with Gasteiger partial charge < -0.3 is 4.74 Å². The second-order valence-electron chi connectivity index (χ2n) is 6.26. The van der Waals surface area contributed by atoms with E-state index in [2.05, 4.69) is 40.1 Å². The zero-order valence-corrected chi connectivity index (χ0v) is 17.7. The van der Waals surface area contributed by atoms with Crippen molar-refractivity contribution in [3.05, 3.63) is 67.9 Å². The molecular formula is C19H18BrCl2N3O. The highest BCUT2D eigenvalue weighted by Gasteiger charge is 2.20. The van der Waals surface area contributed by atoms with Crippen molar-refractivity contribution in [2.24, 2.45) is 0 Å². The summed E-state index contributed by atoms with van der Waals surface area (Å²) in [6.07, 6.45) is 0. The molecule has 1 aromatic heterocycles. The molecule has 0 unspecified atom stereocenters. The van der Waals surface area contributed by atoms with Crippen LogP contribution in [0.25, 0.3) is 5.69 Å². The molecule has 0 aliphatic carbocycles. The lowest BCUT2D eigenvalue weighted by Crippen LogP contribution is -2.09. The highest BCUT2D eigenvalue weighted by Crippen LogP contribution is 2.31. The summed E-state index contributed by atoms with van der Waals surface area (Å²) in [5.41, 5.74) is 3.40. The molecule has 0 aliphatic rings. The van der Waals surface area contributed by atoms with Crippen molar-refractivity contribution in [3.8, 4) is 11.4 Å². The maximum atomic E-state index is 6.36. The minimum atomic E-state index is 0.190. The maximum absolute atomic E-state index is 6.36. The topological polar surface area (TPSA) is 39.9 Å². The molecule has 136 valence electrons. The number of aryl methyl sites for hydroxylation is 1. The molecule has 0 bridgehead atoms. The van der Waals surface area contributed by atoms with Crippen LogP contribution in [0.5, 0.6) is 5.75 Å². The second kappa shape index (κ2) is 7.99. The Balaban J connectivity index is 1.99. The van der Waals surface area contributed by atoms with E-state index in [4.69, 9.17) is 27.9 Å². The monoisotopic (exact) mass is 453 g/mol. The van der Waals surface area contributed by atoms with Gasteiger partial charge in [-0.1, -0.05) is 64.3 Å². The van der Waals surface area contributed by atoms with Gasteiger partial charge in [0.2, 0.25) is 0 Å². The highest BCUT2D eigenvalue weighted by atomic mass is 79.9. The molecule has 1 heterocycles. The van der Waals surface area contributed by atoms with Gasteiger partial charge in [-0.2, -0.15) is 0 Å². The molecule has 2 aromatic carbocycles. The van der Waals surface area contributed by atoms with E-state index < -0.39 is 0 Å². The number of benzene rings is 2. The van der Waals surface area contributed by atoms with Gasteiger partial charge in [0.15, 0.2) is 0 Å². The Morgan fingerprint density at radius 1 is 1.15 bits per heavy atom. The summed E-state index contributed by atoms with van der Waals surface area (Å²) in [5, 5.41) is 9.63. The van der Waals surface area contributed by atoms with Crippen molar-refractivity contribution in [2.45, 2.75) is 33.3 Å². The third kappa shape index (κ3) is 3.90. The molecule has 4 nitrogen and oxygen atoms in total. The third-order valence-electron chi connectivity index (χ3n) is 3.99. The van der Waals surface area contributed by atoms with Gasteiger partial charge in [0.1, 0.15) is 23.7 Å². The van der Waals surface area contributed by atoms with Crippen LogP contribution in [-0.2, 0) is 6.61 Å². The van der Waals surface area contributed by atoms with Crippen LogP contribution >= 0.6 is 39.1 Å². The number of rotatable bonds is 5. The summed E-state index contributed by atoms with van der Waals surface area (Å²) in [6, 6.07) is 11.2. The van der Waals surface area contributed by atoms with Crippen molar-refractivity contribution in [1.82, 2.24) is 15.0 Å². The van der Waals surface area contributed by atoms with E-state index in [-0.39, 0.29) is 5.92 Å². The quantitative estimate of drug-likeness (QED) is 0.451. The number of aromatic nitrogens is 3. The highest BCUT2D eigenvalue weighted by molar-refractivity contribution is 9.10. The summed E-state index contributed by atoms with van der Waals surface area (Å²) < 4.78 is 8.73. The van der Waals surface area contributed by atoms with E-state index in [1.165, 1.54) is 0 Å². The minimum absolute atomic E-state index is 0.190. The van der Waals surface area contributed by atoms with E-state index in [1.807, 2.05) is 25.1 Å². The first-order valence-electron chi connectivity index (χ1n) is 8.16. The number of hydrogen-bond donors (Lipinski definition) is 0. The van der Waals surface area contributed by atoms with E-state index in [9.17, 15) is 0 Å². The van der Waals surface area contributed by atoms with Crippen LogP contribution < -0.4 is 4.74 Å². The van der Waals surface area contributed by atoms with Gasteiger partial charge in [-0.05, 0) is 48.7 Å². The molecule has 7 heteroatoms. The van der Waals surface area contributed by atoms with Crippen molar-refractivity contribution in [2.75, 3.05) is 0 Å². The van der Waals surface area contributed by atoms with Crippen molar-refractivity contribution in [3.63, 3.8) is 0 Å². The van der Waals surface area contributed by atoms with Crippen LogP contribution in [0.15, 0.2) is 40.9 Å². The summed E-state index contributed by atoms with van der Waals surface area (Å²) in [6.45, 7) is 6.46. The van der Waals surface area contributed by atoms with Gasteiger partial charge in [-0.15, -0.1) is 5.10 Å². The van der Waals surface area contributed by atoms with Gasteiger partial charge in [-0.25, -0.2) is 4.68 Å². The zero-order chi connectivity index (χ0) is 18.8. The smallest absolute Gasteiger partial charge is 0.132 e. The summed E-state index contributed by atoms with van der Waals surface area (Å²) >= 11 is 16.2.